The Hall–Kier alpha value is -2.72. The molecule has 0 aromatic carbocycles. The maximum absolute atomic E-state index is 12.6. The van der Waals surface area contributed by atoms with Crippen molar-refractivity contribution in [1.29, 1.82) is 0 Å². The molecule has 3 N–H and O–H groups in total. The van der Waals surface area contributed by atoms with E-state index in [1.54, 1.807) is 12.2 Å². The van der Waals surface area contributed by atoms with Crippen LogP contribution in [0, 0.1) is 0 Å². The van der Waals surface area contributed by atoms with Gasteiger partial charge in [0.1, 0.15) is 12.3 Å². The van der Waals surface area contributed by atoms with Gasteiger partial charge in [0.25, 0.3) is 5.91 Å². The van der Waals surface area contributed by atoms with E-state index in [0.29, 0.717) is 32.1 Å². The van der Waals surface area contributed by atoms with Crippen molar-refractivity contribution in [2.24, 2.45) is 0 Å². The van der Waals surface area contributed by atoms with Gasteiger partial charge in [-0.1, -0.05) is 23.8 Å². The number of hydrogen-bond donors (Lipinski definition) is 3. The molecule has 0 saturated carbocycles. The van der Waals surface area contributed by atoms with Crippen LogP contribution in [0.5, 0.6) is 0 Å². The van der Waals surface area contributed by atoms with Crippen LogP contribution in [0.3, 0.4) is 0 Å². The van der Waals surface area contributed by atoms with Crippen molar-refractivity contribution in [3.05, 3.63) is 22.8 Å². The van der Waals surface area contributed by atoms with Crippen molar-refractivity contribution < 1.29 is 33.8 Å². The number of methoxy groups -OCH3 is 1. The molecule has 164 valence electrons. The Morgan fingerprint density at radius 1 is 1.40 bits per heavy atom. The van der Waals surface area contributed by atoms with Crippen molar-refractivity contribution >= 4 is 41.6 Å². The third kappa shape index (κ3) is 5.90. The summed E-state index contributed by atoms with van der Waals surface area (Å²) in [6, 6.07) is -2.01. The first-order valence-electron chi connectivity index (χ1n) is 9.42. The van der Waals surface area contributed by atoms with Crippen molar-refractivity contribution in [3.63, 3.8) is 0 Å². The van der Waals surface area contributed by atoms with Crippen molar-refractivity contribution in [2.75, 3.05) is 20.2 Å². The normalized spacial score (nSPS) is 21.9. The fraction of sp³-hybridized carbons (Fsp3) is 0.526. The Morgan fingerprint density at radius 2 is 2.13 bits per heavy atom. The van der Waals surface area contributed by atoms with Crippen LogP contribution in [0.15, 0.2) is 22.8 Å². The highest BCUT2D eigenvalue weighted by atomic mass is 35.5. The van der Waals surface area contributed by atoms with Gasteiger partial charge in [-0.15, -0.1) is 0 Å². The van der Waals surface area contributed by atoms with Gasteiger partial charge < -0.3 is 30.2 Å². The molecule has 1 saturated heterocycles. The monoisotopic (exact) mass is 441 g/mol. The lowest BCUT2D eigenvalue weighted by molar-refractivity contribution is -0.141. The number of carbonyl (C=O) groups excluding carboxylic acids is 4. The standard InChI is InChI=1S/C19H24ClN3O7/c1-30-14-6-2-4-12(17(14)20)18(28)21-9-15(25)23-7-3-5-13(23)19(29)22-11(10-24)8-16(26)27/h2,4,10-11,13-14H,3,5-9H2,1H3,(H,21,28)(H,22,29)(H,26,27)/t11-,13-,14?/m0/s1. The number of aldehydes is 1. The Kier molecular flexibility index (Phi) is 8.55. The van der Waals surface area contributed by atoms with Gasteiger partial charge in [-0.25, -0.2) is 0 Å². The zero-order valence-corrected chi connectivity index (χ0v) is 17.2. The zero-order chi connectivity index (χ0) is 22.3. The van der Waals surface area contributed by atoms with E-state index in [0.717, 1.165) is 0 Å². The van der Waals surface area contributed by atoms with E-state index in [9.17, 15) is 24.0 Å². The summed E-state index contributed by atoms with van der Waals surface area (Å²) in [7, 11) is 1.48. The third-order valence-electron chi connectivity index (χ3n) is 4.87. The second kappa shape index (κ2) is 10.9. The van der Waals surface area contributed by atoms with Crippen LogP contribution < -0.4 is 10.6 Å². The molecule has 1 fully saturated rings. The fourth-order valence-electron chi connectivity index (χ4n) is 3.34. The van der Waals surface area contributed by atoms with Gasteiger partial charge in [-0.05, 0) is 19.3 Å². The second-order valence-electron chi connectivity index (χ2n) is 6.90. The predicted octanol–water partition coefficient (Wildman–Crippen LogP) is -0.280. The van der Waals surface area contributed by atoms with E-state index in [1.165, 1.54) is 12.0 Å². The molecule has 0 aromatic rings. The Labute approximate surface area is 178 Å². The third-order valence-corrected chi connectivity index (χ3v) is 5.31. The van der Waals surface area contributed by atoms with E-state index < -0.39 is 48.3 Å². The predicted molar refractivity (Wildman–Crippen MR) is 105 cm³/mol. The number of nitrogens with zero attached hydrogens (tertiary/aromatic N) is 1. The average Bonchev–Trinajstić information content (AvgIpc) is 3.21. The van der Waals surface area contributed by atoms with Gasteiger partial charge in [0.15, 0.2) is 0 Å². The molecule has 10 nitrogen and oxygen atoms in total. The van der Waals surface area contributed by atoms with E-state index in [1.807, 2.05) is 0 Å². The van der Waals surface area contributed by atoms with Crippen LogP contribution in [0.2, 0.25) is 0 Å². The summed E-state index contributed by atoms with van der Waals surface area (Å²) >= 11 is 6.17. The van der Waals surface area contributed by atoms with Crippen LogP contribution >= 0.6 is 11.6 Å². The number of carboxylic acids is 1. The zero-order valence-electron chi connectivity index (χ0n) is 16.4. The van der Waals surface area contributed by atoms with Crippen molar-refractivity contribution in [1.82, 2.24) is 15.5 Å². The highest BCUT2D eigenvalue weighted by Gasteiger charge is 2.35. The first kappa shape index (κ1) is 23.6. The smallest absolute Gasteiger partial charge is 0.305 e. The molecular formula is C19H24ClN3O7. The first-order chi connectivity index (χ1) is 14.3. The summed E-state index contributed by atoms with van der Waals surface area (Å²) in [5.74, 6) is -2.83. The molecule has 0 spiro atoms. The molecule has 1 aliphatic heterocycles. The van der Waals surface area contributed by atoms with Crippen LogP contribution in [-0.4, -0.2) is 78.4 Å². The number of rotatable bonds is 9. The van der Waals surface area contributed by atoms with Crippen LogP contribution in [0.25, 0.3) is 0 Å². The summed E-state index contributed by atoms with van der Waals surface area (Å²) in [5.41, 5.74) is 0.209. The van der Waals surface area contributed by atoms with E-state index >= 15 is 0 Å². The maximum atomic E-state index is 12.6. The SMILES string of the molecule is COC1CC=CC(C(=O)NCC(=O)N2CCC[C@H]2C(=O)N[C@H](C=O)CC(=O)O)=C1Cl. The number of amides is 3. The largest absolute Gasteiger partial charge is 0.481 e. The second-order valence-corrected chi connectivity index (χ2v) is 7.31. The molecule has 3 atom stereocenters. The van der Waals surface area contributed by atoms with Crippen molar-refractivity contribution in [3.8, 4) is 0 Å². The number of hydrogen-bond acceptors (Lipinski definition) is 6. The molecule has 0 radical (unpaired) electrons. The lowest BCUT2D eigenvalue weighted by Crippen LogP contribution is -2.51. The number of ether oxygens (including phenoxy) is 1. The summed E-state index contributed by atoms with van der Waals surface area (Å²) in [6.07, 6.45) is 4.17. The molecule has 11 heteroatoms. The molecule has 1 heterocycles. The van der Waals surface area contributed by atoms with Gasteiger partial charge in [0.05, 0.1) is 35.7 Å². The number of carboxylic acid groups (broad SMARTS) is 1. The molecular weight excluding hydrogens is 418 g/mol. The maximum Gasteiger partial charge on any atom is 0.305 e. The molecule has 1 unspecified atom stereocenters. The number of halogens is 1. The highest BCUT2D eigenvalue weighted by molar-refractivity contribution is 6.33. The van der Waals surface area contributed by atoms with Gasteiger partial charge in [-0.3, -0.25) is 19.2 Å². The van der Waals surface area contributed by atoms with Crippen LogP contribution in [-0.2, 0) is 28.7 Å². The van der Waals surface area contributed by atoms with Crippen LogP contribution in [0.4, 0.5) is 0 Å². The summed E-state index contributed by atoms with van der Waals surface area (Å²) < 4.78 is 5.19. The van der Waals surface area contributed by atoms with E-state index in [4.69, 9.17) is 21.4 Å². The number of carbonyl (C=O) groups is 5. The van der Waals surface area contributed by atoms with Gasteiger partial charge in [-0.2, -0.15) is 0 Å². The molecule has 2 rings (SSSR count). The summed E-state index contributed by atoms with van der Waals surface area (Å²) in [5, 5.41) is 13.9. The quantitative estimate of drug-likeness (QED) is 0.417. The first-order valence-corrected chi connectivity index (χ1v) is 9.80. The van der Waals surface area contributed by atoms with Gasteiger partial charge >= 0.3 is 5.97 Å². The number of likely N-dealkylation sites (tertiary alicyclic amines) is 1. The Balaban J connectivity index is 1.95. The van der Waals surface area contributed by atoms with Gasteiger partial charge in [0.2, 0.25) is 11.8 Å². The highest BCUT2D eigenvalue weighted by Crippen LogP contribution is 2.25. The lowest BCUT2D eigenvalue weighted by Gasteiger charge is -2.25. The molecule has 0 bridgehead atoms. The lowest BCUT2D eigenvalue weighted by atomic mass is 10.0. The summed E-state index contributed by atoms with van der Waals surface area (Å²) in [6.45, 7) is -0.0272. The number of nitrogens with one attached hydrogen (secondary N) is 2. The molecule has 30 heavy (non-hydrogen) atoms. The minimum atomic E-state index is -1.23. The average molecular weight is 442 g/mol. The minimum absolute atomic E-state index is 0.209. The molecule has 1 aliphatic carbocycles. The van der Waals surface area contributed by atoms with Crippen molar-refractivity contribution in [2.45, 2.75) is 43.9 Å². The molecule has 3 amide bonds. The fourth-order valence-corrected chi connectivity index (χ4v) is 3.67. The Bertz CT molecular complexity index is 780. The van der Waals surface area contributed by atoms with Crippen LogP contribution in [0.1, 0.15) is 25.7 Å². The van der Waals surface area contributed by atoms with E-state index in [2.05, 4.69) is 10.6 Å². The number of aliphatic carboxylic acids is 1. The topological polar surface area (TPSA) is 142 Å². The van der Waals surface area contributed by atoms with Gasteiger partial charge in [0, 0.05) is 13.7 Å². The summed E-state index contributed by atoms with van der Waals surface area (Å²) in [4.78, 5) is 60.4. The molecule has 0 aromatic heterocycles. The Morgan fingerprint density at radius 3 is 2.77 bits per heavy atom. The minimum Gasteiger partial charge on any atom is -0.481 e. The van der Waals surface area contributed by atoms with E-state index in [-0.39, 0.29) is 17.2 Å². The molecule has 2 aliphatic rings.